The third-order valence-corrected chi connectivity index (χ3v) is 4.59. The maximum absolute atomic E-state index is 6.08. The number of rotatable bonds is 3. The van der Waals surface area contributed by atoms with E-state index in [9.17, 15) is 0 Å². The van der Waals surface area contributed by atoms with Gasteiger partial charge in [0.15, 0.2) is 0 Å². The summed E-state index contributed by atoms with van der Waals surface area (Å²) in [4.78, 5) is 0. The lowest BCUT2D eigenvalue weighted by molar-refractivity contribution is -0.0189. The Morgan fingerprint density at radius 2 is 2.13 bits per heavy atom. The Labute approximate surface area is 92.9 Å². The highest BCUT2D eigenvalue weighted by Crippen LogP contribution is 2.57. The summed E-state index contributed by atoms with van der Waals surface area (Å²) < 4.78 is 6.08. The lowest BCUT2D eigenvalue weighted by Crippen LogP contribution is -2.31. The van der Waals surface area contributed by atoms with Gasteiger partial charge in [0.25, 0.3) is 0 Å². The molecule has 0 saturated heterocycles. The first kappa shape index (κ1) is 9.89. The lowest BCUT2D eigenvalue weighted by atomic mass is 9.80. The van der Waals surface area contributed by atoms with Crippen LogP contribution >= 0.6 is 0 Å². The van der Waals surface area contributed by atoms with Gasteiger partial charge in [0.05, 0.1) is 6.10 Å². The molecular weight excluding hydrogens is 184 g/mol. The van der Waals surface area contributed by atoms with Crippen LogP contribution in [0, 0.1) is 29.6 Å². The fourth-order valence-corrected chi connectivity index (χ4v) is 4.00. The molecule has 15 heavy (non-hydrogen) atoms. The normalized spacial score (nSPS) is 46.7. The average molecular weight is 206 g/mol. The number of hydrogen-bond acceptors (Lipinski definition) is 1. The van der Waals surface area contributed by atoms with E-state index < -0.39 is 0 Å². The zero-order chi connectivity index (χ0) is 10.4. The summed E-state index contributed by atoms with van der Waals surface area (Å²) in [5.41, 5.74) is 0. The monoisotopic (exact) mass is 206 g/mol. The Kier molecular flexibility index (Phi) is 2.39. The predicted octanol–water partition coefficient (Wildman–Crippen LogP) is 3.26. The number of ether oxygens (including phenoxy) is 1. The van der Waals surface area contributed by atoms with Crippen molar-refractivity contribution in [1.82, 2.24) is 0 Å². The molecule has 0 aromatic carbocycles. The molecule has 0 aromatic rings. The SMILES string of the molecule is CC(C)COC1CC2CC1C1CC=CC21. The van der Waals surface area contributed by atoms with Gasteiger partial charge in [-0.25, -0.2) is 0 Å². The van der Waals surface area contributed by atoms with Crippen LogP contribution in [-0.2, 0) is 4.74 Å². The molecule has 3 rings (SSSR count). The fourth-order valence-electron chi connectivity index (χ4n) is 4.00. The molecule has 3 aliphatic rings. The van der Waals surface area contributed by atoms with Crippen molar-refractivity contribution in [1.29, 1.82) is 0 Å². The summed E-state index contributed by atoms with van der Waals surface area (Å²) in [7, 11) is 0. The number of allylic oxidation sites excluding steroid dienone is 2. The van der Waals surface area contributed by atoms with Gasteiger partial charge in [-0.1, -0.05) is 26.0 Å². The highest BCUT2D eigenvalue weighted by Gasteiger charge is 2.52. The van der Waals surface area contributed by atoms with Gasteiger partial charge in [-0.05, 0) is 48.9 Å². The van der Waals surface area contributed by atoms with Gasteiger partial charge in [0, 0.05) is 6.61 Å². The molecule has 1 heteroatoms. The van der Waals surface area contributed by atoms with Crippen LogP contribution in [0.1, 0.15) is 33.1 Å². The maximum Gasteiger partial charge on any atom is 0.0609 e. The van der Waals surface area contributed by atoms with Gasteiger partial charge in [0.2, 0.25) is 0 Å². The largest absolute Gasteiger partial charge is 0.378 e. The summed E-state index contributed by atoms with van der Waals surface area (Å²) >= 11 is 0. The van der Waals surface area contributed by atoms with E-state index in [-0.39, 0.29) is 0 Å². The minimum Gasteiger partial charge on any atom is -0.378 e. The smallest absolute Gasteiger partial charge is 0.0609 e. The number of hydrogen-bond donors (Lipinski definition) is 0. The van der Waals surface area contributed by atoms with Crippen molar-refractivity contribution in [2.24, 2.45) is 29.6 Å². The molecule has 84 valence electrons. The molecule has 2 saturated carbocycles. The van der Waals surface area contributed by atoms with Crippen molar-refractivity contribution in [3.05, 3.63) is 12.2 Å². The summed E-state index contributed by atoms with van der Waals surface area (Å²) in [5, 5.41) is 0. The summed E-state index contributed by atoms with van der Waals surface area (Å²) in [6.45, 7) is 5.44. The minimum absolute atomic E-state index is 0.596. The van der Waals surface area contributed by atoms with E-state index in [1.807, 2.05) is 0 Å². The highest BCUT2D eigenvalue weighted by atomic mass is 16.5. The second-order valence-corrected chi connectivity index (χ2v) is 6.07. The first-order valence-corrected chi connectivity index (χ1v) is 6.54. The lowest BCUT2D eigenvalue weighted by Gasteiger charge is -2.31. The Hall–Kier alpha value is -0.300. The summed E-state index contributed by atoms with van der Waals surface area (Å²) in [6.07, 6.45) is 9.59. The zero-order valence-corrected chi connectivity index (χ0v) is 9.86. The average Bonchev–Trinajstić information content (AvgIpc) is 2.86. The Balaban J connectivity index is 1.62. The molecular formula is C14H22O. The first-order chi connectivity index (χ1) is 7.25. The third kappa shape index (κ3) is 1.56. The standard InChI is InChI=1S/C14H22O/c1-9(2)8-15-14-7-10-6-13(14)12-5-3-4-11(10)12/h3-4,9-14H,5-8H2,1-2H3. The molecule has 0 heterocycles. The fraction of sp³-hybridized carbons (Fsp3) is 0.857. The van der Waals surface area contributed by atoms with Gasteiger partial charge in [-0.3, -0.25) is 0 Å². The van der Waals surface area contributed by atoms with E-state index in [0.717, 1.165) is 30.3 Å². The minimum atomic E-state index is 0.596. The van der Waals surface area contributed by atoms with Crippen molar-refractivity contribution in [3.63, 3.8) is 0 Å². The molecule has 3 aliphatic carbocycles. The van der Waals surface area contributed by atoms with Gasteiger partial charge in [-0.2, -0.15) is 0 Å². The van der Waals surface area contributed by atoms with Gasteiger partial charge >= 0.3 is 0 Å². The van der Waals surface area contributed by atoms with E-state index in [1.165, 1.54) is 19.3 Å². The molecule has 5 unspecified atom stereocenters. The molecule has 0 radical (unpaired) electrons. The van der Waals surface area contributed by atoms with E-state index in [0.29, 0.717) is 12.0 Å². The van der Waals surface area contributed by atoms with Gasteiger partial charge in [-0.15, -0.1) is 0 Å². The van der Waals surface area contributed by atoms with E-state index in [1.54, 1.807) is 0 Å². The topological polar surface area (TPSA) is 9.23 Å². The van der Waals surface area contributed by atoms with Crippen LogP contribution in [0.3, 0.4) is 0 Å². The Bertz CT molecular complexity index is 269. The van der Waals surface area contributed by atoms with Crippen molar-refractivity contribution >= 4 is 0 Å². The van der Waals surface area contributed by atoms with Crippen LogP contribution in [0.25, 0.3) is 0 Å². The highest BCUT2D eigenvalue weighted by molar-refractivity contribution is 5.14. The third-order valence-electron chi connectivity index (χ3n) is 4.59. The van der Waals surface area contributed by atoms with Crippen LogP contribution in [0.4, 0.5) is 0 Å². The molecule has 5 atom stereocenters. The van der Waals surface area contributed by atoms with Crippen LogP contribution in [0.15, 0.2) is 12.2 Å². The van der Waals surface area contributed by atoms with Gasteiger partial charge < -0.3 is 4.74 Å². The molecule has 2 fully saturated rings. The van der Waals surface area contributed by atoms with Crippen molar-refractivity contribution in [2.75, 3.05) is 6.61 Å². The molecule has 1 nitrogen and oxygen atoms in total. The van der Waals surface area contributed by atoms with Crippen LogP contribution < -0.4 is 0 Å². The summed E-state index contributed by atoms with van der Waals surface area (Å²) in [5.74, 6) is 4.39. The van der Waals surface area contributed by atoms with Crippen LogP contribution in [-0.4, -0.2) is 12.7 Å². The van der Waals surface area contributed by atoms with E-state index in [4.69, 9.17) is 4.74 Å². The molecule has 2 bridgehead atoms. The second kappa shape index (κ2) is 3.62. The quantitative estimate of drug-likeness (QED) is 0.644. The predicted molar refractivity (Wildman–Crippen MR) is 61.5 cm³/mol. The van der Waals surface area contributed by atoms with Gasteiger partial charge in [0.1, 0.15) is 0 Å². The second-order valence-electron chi connectivity index (χ2n) is 6.07. The summed E-state index contributed by atoms with van der Waals surface area (Å²) in [6, 6.07) is 0. The Morgan fingerprint density at radius 1 is 1.27 bits per heavy atom. The van der Waals surface area contributed by atoms with Crippen molar-refractivity contribution in [3.8, 4) is 0 Å². The zero-order valence-electron chi connectivity index (χ0n) is 9.86. The van der Waals surface area contributed by atoms with Crippen molar-refractivity contribution < 1.29 is 4.74 Å². The molecule has 0 N–H and O–H groups in total. The maximum atomic E-state index is 6.08. The molecule has 0 aromatic heterocycles. The van der Waals surface area contributed by atoms with E-state index >= 15 is 0 Å². The first-order valence-electron chi connectivity index (χ1n) is 6.54. The van der Waals surface area contributed by atoms with Crippen LogP contribution in [0.5, 0.6) is 0 Å². The number of fused-ring (bicyclic) bond motifs is 5. The Morgan fingerprint density at radius 3 is 2.93 bits per heavy atom. The molecule has 0 spiro atoms. The molecule has 0 amide bonds. The molecule has 0 aliphatic heterocycles. The van der Waals surface area contributed by atoms with Crippen LogP contribution in [0.2, 0.25) is 0 Å². The van der Waals surface area contributed by atoms with Crippen molar-refractivity contribution in [2.45, 2.75) is 39.2 Å². The van der Waals surface area contributed by atoms with E-state index in [2.05, 4.69) is 26.0 Å².